The summed E-state index contributed by atoms with van der Waals surface area (Å²) in [7, 11) is 0. The first-order chi connectivity index (χ1) is 13.8. The topological polar surface area (TPSA) is 79.0 Å². The highest BCUT2D eigenvalue weighted by atomic mass is 35.5. The Bertz CT molecular complexity index is 1120. The van der Waals surface area contributed by atoms with Crippen LogP contribution in [0.1, 0.15) is 35.6 Å². The Kier molecular flexibility index (Phi) is 6.39. The molecule has 0 amide bonds. The summed E-state index contributed by atoms with van der Waals surface area (Å²) >= 11 is 12.3. The highest BCUT2D eigenvalue weighted by molar-refractivity contribution is 6.42. The molecule has 0 radical (unpaired) electrons. The van der Waals surface area contributed by atoms with Crippen molar-refractivity contribution in [1.29, 1.82) is 0 Å². The van der Waals surface area contributed by atoms with Crippen molar-refractivity contribution in [2.45, 2.75) is 33.9 Å². The number of aryl methyl sites for hydroxylation is 1. The van der Waals surface area contributed by atoms with E-state index in [4.69, 9.17) is 27.9 Å². The molecule has 2 heterocycles. The van der Waals surface area contributed by atoms with Crippen LogP contribution in [0, 0.1) is 6.92 Å². The van der Waals surface area contributed by atoms with Crippen LogP contribution in [0.3, 0.4) is 0 Å². The van der Waals surface area contributed by atoms with E-state index in [1.165, 1.54) is 10.9 Å². The Hall–Kier alpha value is -2.64. The molecule has 1 aromatic carbocycles. The molecule has 0 unspecified atom stereocenters. The summed E-state index contributed by atoms with van der Waals surface area (Å²) in [6.07, 6.45) is 1.64. The van der Waals surface area contributed by atoms with Crippen molar-refractivity contribution in [1.82, 2.24) is 19.6 Å². The molecule has 0 fully saturated rings. The quantitative estimate of drug-likeness (QED) is 0.548. The van der Waals surface area contributed by atoms with Gasteiger partial charge in [0.25, 0.3) is 0 Å². The minimum Gasteiger partial charge on any atom is -0.462 e. The molecule has 29 heavy (non-hydrogen) atoms. The van der Waals surface area contributed by atoms with Gasteiger partial charge in [-0.05, 0) is 32.9 Å². The number of nitrogens with zero attached hydrogens (tertiary/aromatic N) is 4. The van der Waals surface area contributed by atoms with Crippen molar-refractivity contribution in [2.24, 2.45) is 0 Å². The van der Waals surface area contributed by atoms with Gasteiger partial charge in [-0.1, -0.05) is 29.3 Å². The number of ether oxygens (including phenoxy) is 1. The van der Waals surface area contributed by atoms with E-state index < -0.39 is 11.4 Å². The van der Waals surface area contributed by atoms with Crippen LogP contribution in [0.4, 0.5) is 0 Å². The number of halogens is 2. The van der Waals surface area contributed by atoms with E-state index in [0.29, 0.717) is 33.5 Å². The predicted octanol–water partition coefficient (Wildman–Crippen LogP) is 3.97. The molecule has 0 spiro atoms. The van der Waals surface area contributed by atoms with Gasteiger partial charge in [0, 0.05) is 23.9 Å². The number of carbonyl (C=O) groups is 1. The average Bonchev–Trinajstić information content (AvgIpc) is 3.08. The number of rotatable bonds is 6. The van der Waals surface area contributed by atoms with Gasteiger partial charge in [-0.15, -0.1) is 0 Å². The van der Waals surface area contributed by atoms with Gasteiger partial charge in [-0.2, -0.15) is 15.0 Å². The molecule has 0 saturated heterocycles. The number of benzene rings is 1. The van der Waals surface area contributed by atoms with Crippen LogP contribution in [0.5, 0.6) is 0 Å². The molecule has 7 nitrogen and oxygen atoms in total. The Morgan fingerprint density at radius 1 is 1.17 bits per heavy atom. The molecule has 3 aromatic rings. The molecule has 9 heteroatoms. The maximum absolute atomic E-state index is 12.9. The normalized spacial score (nSPS) is 10.9. The van der Waals surface area contributed by atoms with Crippen molar-refractivity contribution in [2.75, 3.05) is 6.61 Å². The smallest absolute Gasteiger partial charge is 0.344 e. The van der Waals surface area contributed by atoms with Crippen LogP contribution < -0.4 is 5.43 Å². The summed E-state index contributed by atoms with van der Waals surface area (Å²) in [4.78, 5) is 27.1. The first-order valence-corrected chi connectivity index (χ1v) is 9.87. The zero-order chi connectivity index (χ0) is 21.1. The zero-order valence-electron chi connectivity index (χ0n) is 16.3. The Labute approximate surface area is 177 Å². The third kappa shape index (κ3) is 4.36. The fourth-order valence-corrected chi connectivity index (χ4v) is 3.44. The van der Waals surface area contributed by atoms with E-state index in [9.17, 15) is 9.59 Å². The number of esters is 1. The number of hydrogen-bond donors (Lipinski definition) is 0. The molecular weight excluding hydrogens is 415 g/mol. The van der Waals surface area contributed by atoms with Gasteiger partial charge in [0.15, 0.2) is 5.43 Å². The van der Waals surface area contributed by atoms with Crippen LogP contribution in [-0.2, 0) is 17.8 Å². The summed E-state index contributed by atoms with van der Waals surface area (Å²) in [5.41, 5.74) is 1.96. The third-order valence-electron chi connectivity index (χ3n) is 4.34. The van der Waals surface area contributed by atoms with Crippen molar-refractivity contribution >= 4 is 29.2 Å². The minimum absolute atomic E-state index is 0.0413. The van der Waals surface area contributed by atoms with Gasteiger partial charge >= 0.3 is 5.97 Å². The summed E-state index contributed by atoms with van der Waals surface area (Å²) in [6, 6.07) is 6.41. The molecular formula is C20H20Cl2N4O3. The second-order valence-corrected chi connectivity index (χ2v) is 7.15. The second kappa shape index (κ2) is 8.80. The largest absolute Gasteiger partial charge is 0.462 e. The standard InChI is InChI=1S/C20H20Cl2N4O3/c1-4-25-14(11-26-23-10-12(3)24-26)9-17(27)18(20(28)29-5-2)19(25)13-6-7-15(21)16(22)8-13/h6-10H,4-5,11H2,1-3H3. The molecule has 152 valence electrons. The highest BCUT2D eigenvalue weighted by Gasteiger charge is 2.24. The summed E-state index contributed by atoms with van der Waals surface area (Å²) in [6.45, 7) is 6.37. The lowest BCUT2D eigenvalue weighted by Crippen LogP contribution is -2.26. The van der Waals surface area contributed by atoms with Gasteiger partial charge < -0.3 is 9.30 Å². The molecule has 0 N–H and O–H groups in total. The molecule has 0 atom stereocenters. The van der Waals surface area contributed by atoms with Crippen molar-refractivity contribution < 1.29 is 9.53 Å². The van der Waals surface area contributed by atoms with E-state index in [0.717, 1.165) is 5.69 Å². The van der Waals surface area contributed by atoms with Crippen molar-refractivity contribution in [3.05, 3.63) is 67.7 Å². The van der Waals surface area contributed by atoms with Crippen molar-refractivity contribution in [3.63, 3.8) is 0 Å². The summed E-state index contributed by atoms with van der Waals surface area (Å²) < 4.78 is 7.01. The lowest BCUT2D eigenvalue weighted by Gasteiger charge is -2.20. The Morgan fingerprint density at radius 3 is 2.52 bits per heavy atom. The number of carbonyl (C=O) groups excluding carboxylic acids is 1. The SMILES string of the molecule is CCOC(=O)c1c(-c2ccc(Cl)c(Cl)c2)n(CC)c(Cn2ncc(C)n2)cc1=O. The minimum atomic E-state index is -0.680. The molecule has 0 saturated carbocycles. The van der Waals surface area contributed by atoms with E-state index in [-0.39, 0.29) is 18.7 Å². The number of pyridine rings is 1. The van der Waals surface area contributed by atoms with Crippen molar-refractivity contribution in [3.8, 4) is 11.3 Å². The molecule has 0 aliphatic carbocycles. The van der Waals surface area contributed by atoms with Crippen LogP contribution in [0.2, 0.25) is 10.0 Å². The van der Waals surface area contributed by atoms with E-state index in [1.807, 2.05) is 18.4 Å². The van der Waals surface area contributed by atoms with Gasteiger partial charge in [-0.25, -0.2) is 4.79 Å². The molecule has 2 aromatic heterocycles. The lowest BCUT2D eigenvalue weighted by molar-refractivity contribution is 0.0525. The maximum atomic E-state index is 12.9. The first-order valence-electron chi connectivity index (χ1n) is 9.11. The number of hydrogen-bond acceptors (Lipinski definition) is 5. The average molecular weight is 435 g/mol. The van der Waals surface area contributed by atoms with E-state index in [2.05, 4.69) is 10.2 Å². The zero-order valence-corrected chi connectivity index (χ0v) is 17.8. The first kappa shape index (κ1) is 21.1. The van der Waals surface area contributed by atoms with Crippen LogP contribution in [0.15, 0.2) is 35.3 Å². The fraction of sp³-hybridized carbons (Fsp3) is 0.300. The van der Waals surface area contributed by atoms with Gasteiger partial charge in [0.05, 0.1) is 34.2 Å². The van der Waals surface area contributed by atoms with Gasteiger partial charge in [-0.3, -0.25) is 4.79 Å². The maximum Gasteiger partial charge on any atom is 0.344 e. The van der Waals surface area contributed by atoms with E-state index in [1.54, 1.807) is 31.3 Å². The van der Waals surface area contributed by atoms with Crippen LogP contribution in [0.25, 0.3) is 11.3 Å². The van der Waals surface area contributed by atoms with Crippen LogP contribution in [-0.4, -0.2) is 32.1 Å². The predicted molar refractivity (Wildman–Crippen MR) is 112 cm³/mol. The fourth-order valence-electron chi connectivity index (χ4n) is 3.14. The highest BCUT2D eigenvalue weighted by Crippen LogP contribution is 2.31. The molecule has 0 bridgehead atoms. The lowest BCUT2D eigenvalue weighted by atomic mass is 10.0. The number of aromatic nitrogens is 4. The second-order valence-electron chi connectivity index (χ2n) is 6.33. The molecule has 0 aliphatic rings. The molecule has 3 rings (SSSR count). The van der Waals surface area contributed by atoms with E-state index >= 15 is 0 Å². The Morgan fingerprint density at radius 2 is 1.93 bits per heavy atom. The Balaban J connectivity index is 2.28. The van der Waals surface area contributed by atoms with Gasteiger partial charge in [0.2, 0.25) is 0 Å². The summed E-state index contributed by atoms with van der Waals surface area (Å²) in [5.74, 6) is -0.680. The molecule has 0 aliphatic heterocycles. The van der Waals surface area contributed by atoms with Crippen LogP contribution >= 0.6 is 23.2 Å². The third-order valence-corrected chi connectivity index (χ3v) is 5.08. The summed E-state index contributed by atoms with van der Waals surface area (Å²) in [5, 5.41) is 9.18. The van der Waals surface area contributed by atoms with Gasteiger partial charge in [0.1, 0.15) is 12.1 Å². The monoisotopic (exact) mass is 434 g/mol.